The summed E-state index contributed by atoms with van der Waals surface area (Å²) in [5.74, 6) is 0.248. The van der Waals surface area contributed by atoms with Crippen molar-refractivity contribution in [1.82, 2.24) is 4.57 Å². The van der Waals surface area contributed by atoms with Gasteiger partial charge in [0.05, 0.1) is 0 Å². The van der Waals surface area contributed by atoms with Gasteiger partial charge in [-0.1, -0.05) is 18.2 Å². The molecule has 18 heavy (non-hydrogen) atoms. The molecule has 3 rings (SSSR count). The number of aromatic nitrogens is 1. The van der Waals surface area contributed by atoms with Crippen molar-refractivity contribution in [2.45, 2.75) is 19.4 Å². The van der Waals surface area contributed by atoms with Gasteiger partial charge in [0.2, 0.25) is 0 Å². The first-order chi connectivity index (χ1) is 8.74. The molecule has 0 saturated heterocycles. The molecule has 0 atom stereocenters. The standard InChI is InChI=1S/C15H14FNO/c16-14-4-2-1-3-12(14)9-17-8-7-13(10-17)15(18)11-5-6-11/h1-4,7-8,10-11H,5-6,9H2. The molecule has 92 valence electrons. The lowest BCUT2D eigenvalue weighted by Gasteiger charge is -2.04. The van der Waals surface area contributed by atoms with E-state index in [0.717, 1.165) is 18.4 Å². The fraction of sp³-hybridized carbons (Fsp3) is 0.267. The lowest BCUT2D eigenvalue weighted by Crippen LogP contribution is -2.01. The Labute approximate surface area is 105 Å². The van der Waals surface area contributed by atoms with Crippen LogP contribution in [0.1, 0.15) is 28.8 Å². The van der Waals surface area contributed by atoms with Crippen molar-refractivity contribution in [2.24, 2.45) is 5.92 Å². The molecule has 0 bridgehead atoms. The first-order valence-electron chi connectivity index (χ1n) is 6.17. The molecule has 1 aromatic carbocycles. The summed E-state index contributed by atoms with van der Waals surface area (Å²) in [6.45, 7) is 0.463. The number of hydrogen-bond acceptors (Lipinski definition) is 1. The summed E-state index contributed by atoms with van der Waals surface area (Å²) in [4.78, 5) is 11.9. The van der Waals surface area contributed by atoms with Crippen LogP contribution in [0, 0.1) is 11.7 Å². The van der Waals surface area contributed by atoms with Gasteiger partial charge in [0.15, 0.2) is 5.78 Å². The number of ketones is 1. The Balaban J connectivity index is 1.77. The smallest absolute Gasteiger partial charge is 0.167 e. The minimum absolute atomic E-state index is 0.207. The van der Waals surface area contributed by atoms with E-state index >= 15 is 0 Å². The first kappa shape index (κ1) is 11.2. The third-order valence-corrected chi connectivity index (χ3v) is 3.29. The largest absolute Gasteiger partial charge is 0.349 e. The van der Waals surface area contributed by atoms with Crippen LogP contribution in [0.4, 0.5) is 4.39 Å². The van der Waals surface area contributed by atoms with Gasteiger partial charge in [0.1, 0.15) is 5.82 Å². The van der Waals surface area contributed by atoms with Gasteiger partial charge >= 0.3 is 0 Å². The maximum Gasteiger partial charge on any atom is 0.167 e. The molecule has 1 aliphatic carbocycles. The highest BCUT2D eigenvalue weighted by Crippen LogP contribution is 2.32. The molecule has 2 aromatic rings. The van der Waals surface area contributed by atoms with Crippen LogP contribution in [-0.2, 0) is 6.54 Å². The predicted molar refractivity (Wildman–Crippen MR) is 67.0 cm³/mol. The fourth-order valence-corrected chi connectivity index (χ4v) is 2.09. The number of halogens is 1. The second-order valence-corrected chi connectivity index (χ2v) is 4.80. The second kappa shape index (κ2) is 4.41. The summed E-state index contributed by atoms with van der Waals surface area (Å²) in [6.07, 6.45) is 5.67. The van der Waals surface area contributed by atoms with Crippen molar-refractivity contribution in [3.8, 4) is 0 Å². The summed E-state index contributed by atoms with van der Waals surface area (Å²) in [5, 5.41) is 0. The maximum atomic E-state index is 13.5. The van der Waals surface area contributed by atoms with E-state index in [1.54, 1.807) is 12.1 Å². The number of carbonyl (C=O) groups excluding carboxylic acids is 1. The summed E-state index contributed by atoms with van der Waals surface area (Å²) >= 11 is 0. The van der Waals surface area contributed by atoms with Crippen LogP contribution in [-0.4, -0.2) is 10.4 Å². The Hall–Kier alpha value is -1.90. The first-order valence-corrected chi connectivity index (χ1v) is 6.17. The van der Waals surface area contributed by atoms with Gasteiger partial charge in [0.25, 0.3) is 0 Å². The zero-order valence-electron chi connectivity index (χ0n) is 9.97. The van der Waals surface area contributed by atoms with Crippen molar-refractivity contribution in [2.75, 3.05) is 0 Å². The van der Waals surface area contributed by atoms with E-state index < -0.39 is 0 Å². The lowest BCUT2D eigenvalue weighted by molar-refractivity contribution is 0.0967. The Kier molecular flexibility index (Phi) is 2.74. The monoisotopic (exact) mass is 243 g/mol. The van der Waals surface area contributed by atoms with Gasteiger partial charge in [-0.3, -0.25) is 4.79 Å². The third kappa shape index (κ3) is 2.21. The van der Waals surface area contributed by atoms with Crippen LogP contribution < -0.4 is 0 Å². The number of carbonyl (C=O) groups is 1. The van der Waals surface area contributed by atoms with Gasteiger partial charge in [-0.05, 0) is 25.0 Å². The molecule has 0 radical (unpaired) electrons. The fourth-order valence-electron chi connectivity index (χ4n) is 2.09. The molecule has 0 amide bonds. The van der Waals surface area contributed by atoms with E-state index in [-0.39, 0.29) is 17.5 Å². The Bertz CT molecular complexity index is 584. The highest BCUT2D eigenvalue weighted by atomic mass is 19.1. The number of hydrogen-bond donors (Lipinski definition) is 0. The Morgan fingerprint density at radius 2 is 2.06 bits per heavy atom. The van der Waals surface area contributed by atoms with Crippen molar-refractivity contribution in [1.29, 1.82) is 0 Å². The molecule has 3 heteroatoms. The molecule has 0 N–H and O–H groups in total. The Morgan fingerprint density at radius 3 is 2.78 bits per heavy atom. The van der Waals surface area contributed by atoms with Crippen LogP contribution in [0.3, 0.4) is 0 Å². The van der Waals surface area contributed by atoms with E-state index in [1.165, 1.54) is 6.07 Å². The number of rotatable bonds is 4. The van der Waals surface area contributed by atoms with E-state index in [0.29, 0.717) is 12.1 Å². The van der Waals surface area contributed by atoms with Gasteiger partial charge < -0.3 is 4.57 Å². The van der Waals surface area contributed by atoms with Gasteiger partial charge in [-0.25, -0.2) is 4.39 Å². The van der Waals surface area contributed by atoms with E-state index in [9.17, 15) is 9.18 Å². The topological polar surface area (TPSA) is 22.0 Å². The molecule has 2 nitrogen and oxygen atoms in total. The molecule has 1 heterocycles. The summed E-state index contributed by atoms with van der Waals surface area (Å²) < 4.78 is 15.4. The van der Waals surface area contributed by atoms with Crippen molar-refractivity contribution in [3.05, 3.63) is 59.7 Å². The van der Waals surface area contributed by atoms with E-state index in [4.69, 9.17) is 0 Å². The van der Waals surface area contributed by atoms with Gasteiger partial charge in [-0.15, -0.1) is 0 Å². The van der Waals surface area contributed by atoms with Crippen molar-refractivity contribution >= 4 is 5.78 Å². The number of nitrogens with zero attached hydrogens (tertiary/aromatic N) is 1. The van der Waals surface area contributed by atoms with Crippen LogP contribution in [0.25, 0.3) is 0 Å². The molecule has 1 saturated carbocycles. The molecule has 0 unspecified atom stereocenters. The van der Waals surface area contributed by atoms with Crippen LogP contribution >= 0.6 is 0 Å². The number of Topliss-reactive ketones (excluding diaryl/α,β-unsaturated/α-hetero) is 1. The van der Waals surface area contributed by atoms with E-state index in [1.807, 2.05) is 29.1 Å². The molecule has 1 fully saturated rings. The molecule has 1 aromatic heterocycles. The zero-order chi connectivity index (χ0) is 12.5. The minimum atomic E-state index is -0.207. The lowest BCUT2D eigenvalue weighted by atomic mass is 10.1. The predicted octanol–water partition coefficient (Wildman–Crippen LogP) is 3.27. The molecular formula is C15H14FNO. The summed E-state index contributed by atoms with van der Waals surface area (Å²) in [6, 6.07) is 8.53. The zero-order valence-corrected chi connectivity index (χ0v) is 9.97. The van der Waals surface area contributed by atoms with E-state index in [2.05, 4.69) is 0 Å². The highest BCUT2D eigenvalue weighted by molar-refractivity contribution is 5.99. The Morgan fingerprint density at radius 1 is 1.28 bits per heavy atom. The van der Waals surface area contributed by atoms with Crippen LogP contribution in [0.5, 0.6) is 0 Å². The minimum Gasteiger partial charge on any atom is -0.349 e. The maximum absolute atomic E-state index is 13.5. The van der Waals surface area contributed by atoms with Crippen LogP contribution in [0.2, 0.25) is 0 Å². The molecular weight excluding hydrogens is 229 g/mol. The summed E-state index contributed by atoms with van der Waals surface area (Å²) in [5.41, 5.74) is 1.38. The second-order valence-electron chi connectivity index (χ2n) is 4.80. The molecule has 1 aliphatic rings. The highest BCUT2D eigenvalue weighted by Gasteiger charge is 2.30. The van der Waals surface area contributed by atoms with Crippen molar-refractivity contribution in [3.63, 3.8) is 0 Å². The quantitative estimate of drug-likeness (QED) is 0.755. The number of benzene rings is 1. The summed E-state index contributed by atoms with van der Waals surface area (Å²) in [7, 11) is 0. The average Bonchev–Trinajstić information content (AvgIpc) is 3.12. The third-order valence-electron chi connectivity index (χ3n) is 3.29. The van der Waals surface area contributed by atoms with Crippen molar-refractivity contribution < 1.29 is 9.18 Å². The van der Waals surface area contributed by atoms with Gasteiger partial charge in [0, 0.05) is 36.0 Å². The van der Waals surface area contributed by atoms with Crippen LogP contribution in [0.15, 0.2) is 42.7 Å². The normalized spacial score (nSPS) is 14.7. The van der Waals surface area contributed by atoms with Gasteiger partial charge in [-0.2, -0.15) is 0 Å². The molecule has 0 spiro atoms. The average molecular weight is 243 g/mol. The SMILES string of the molecule is O=C(c1ccn(Cc2ccccc2F)c1)C1CC1. The molecule has 0 aliphatic heterocycles.